The van der Waals surface area contributed by atoms with E-state index in [1.165, 1.54) is 0 Å². The van der Waals surface area contributed by atoms with Crippen LogP contribution in [-0.2, 0) is 22.4 Å². The van der Waals surface area contributed by atoms with Crippen molar-refractivity contribution < 1.29 is 32.7 Å². The Morgan fingerprint density at radius 3 is 1.57 bits per heavy atom. The molecule has 1 radical (unpaired) electrons. The maximum Gasteiger partial charge on any atom is 0.291 e. The van der Waals surface area contributed by atoms with Gasteiger partial charge in [-0.15, -0.1) is 23.0 Å². The van der Waals surface area contributed by atoms with E-state index >= 15 is 0 Å². The molecule has 0 saturated heterocycles. The Morgan fingerprint density at radius 2 is 1.57 bits per heavy atom. The SMILES string of the molecule is C#C.O=[N+]([O-])O.[Ag]. The van der Waals surface area contributed by atoms with E-state index < -0.39 is 5.09 Å². The summed E-state index contributed by atoms with van der Waals surface area (Å²) >= 11 is 0. The minimum Gasteiger partial charge on any atom is -0.328 e. The molecule has 1 N–H and O–H groups in total. The summed E-state index contributed by atoms with van der Waals surface area (Å²) in [6.45, 7) is 0. The van der Waals surface area contributed by atoms with Crippen molar-refractivity contribution in [3.05, 3.63) is 10.1 Å². The van der Waals surface area contributed by atoms with E-state index in [-0.39, 0.29) is 22.4 Å². The van der Waals surface area contributed by atoms with E-state index in [0.29, 0.717) is 0 Å². The first-order chi connectivity index (χ1) is 2.73. The van der Waals surface area contributed by atoms with Crippen molar-refractivity contribution in [3.8, 4) is 12.8 Å². The van der Waals surface area contributed by atoms with E-state index in [0.717, 1.165) is 0 Å². The first-order valence-electron chi connectivity index (χ1n) is 0.898. The molecule has 0 saturated carbocycles. The molecule has 45 valence electrons. The average Bonchev–Trinajstić information content (AvgIpc) is 1.41. The van der Waals surface area contributed by atoms with Crippen LogP contribution in [0.25, 0.3) is 0 Å². The van der Waals surface area contributed by atoms with Gasteiger partial charge in [-0.3, -0.25) is 0 Å². The van der Waals surface area contributed by atoms with Gasteiger partial charge in [-0.05, 0) is 0 Å². The topological polar surface area (TPSA) is 63.4 Å². The van der Waals surface area contributed by atoms with Crippen LogP contribution < -0.4 is 0 Å². The van der Waals surface area contributed by atoms with Crippen LogP contribution >= 0.6 is 0 Å². The predicted octanol–water partition coefficient (Wildman–Crippen LogP) is -0.101. The van der Waals surface area contributed by atoms with Gasteiger partial charge in [0, 0.05) is 22.4 Å². The van der Waals surface area contributed by atoms with Gasteiger partial charge in [-0.1, -0.05) is 0 Å². The number of nitrogens with zero attached hydrogens (tertiary/aromatic N) is 1. The molecule has 0 unspecified atom stereocenters. The van der Waals surface area contributed by atoms with Crippen molar-refractivity contribution >= 4 is 0 Å². The van der Waals surface area contributed by atoms with E-state index in [2.05, 4.69) is 12.8 Å². The van der Waals surface area contributed by atoms with Crippen molar-refractivity contribution in [1.82, 2.24) is 0 Å². The second-order valence-corrected chi connectivity index (χ2v) is 0.238. The van der Waals surface area contributed by atoms with Crippen molar-refractivity contribution in [2.75, 3.05) is 0 Å². The Bertz CT molecular complexity index is 57.2. The second kappa shape index (κ2) is 17.8. The van der Waals surface area contributed by atoms with Gasteiger partial charge in [0.25, 0.3) is 5.09 Å². The van der Waals surface area contributed by atoms with Crippen molar-refractivity contribution in [2.45, 2.75) is 0 Å². The van der Waals surface area contributed by atoms with E-state index in [9.17, 15) is 0 Å². The maximum atomic E-state index is 8.36. The molecule has 0 amide bonds. The zero-order valence-corrected chi connectivity index (χ0v) is 4.65. The smallest absolute Gasteiger partial charge is 0.291 e. The summed E-state index contributed by atoms with van der Waals surface area (Å²) in [5, 5.41) is 13.6. The molecule has 0 aliphatic rings. The second-order valence-electron chi connectivity index (χ2n) is 0.238. The van der Waals surface area contributed by atoms with Gasteiger partial charge in [0.2, 0.25) is 0 Å². The van der Waals surface area contributed by atoms with Crippen LogP contribution in [0.5, 0.6) is 0 Å². The van der Waals surface area contributed by atoms with Gasteiger partial charge in [0.1, 0.15) is 0 Å². The molecule has 0 aliphatic heterocycles. The monoisotopic (exact) mass is 196 g/mol. The Balaban J connectivity index is -0.0000000480. The molecule has 0 rings (SSSR count). The molecule has 0 spiro atoms. The van der Waals surface area contributed by atoms with E-state index in [1.54, 1.807) is 0 Å². The van der Waals surface area contributed by atoms with Gasteiger partial charge in [-0.2, -0.15) is 0 Å². The third kappa shape index (κ3) is 270. The molecular formula is C2H3AgNO3. The van der Waals surface area contributed by atoms with Crippen LogP contribution in [0.2, 0.25) is 0 Å². The van der Waals surface area contributed by atoms with Crippen LogP contribution in [0.4, 0.5) is 0 Å². The quantitative estimate of drug-likeness (QED) is 0.255. The fraction of sp³-hybridized carbons (Fsp3) is 0. The molecule has 5 heteroatoms. The third-order valence-corrected chi connectivity index (χ3v) is 0. The summed E-state index contributed by atoms with van der Waals surface area (Å²) in [4.78, 5) is 8.36. The minimum atomic E-state index is -1.50. The Kier molecular flexibility index (Phi) is 40.9. The molecule has 0 aromatic rings. The third-order valence-electron chi connectivity index (χ3n) is 0. The molecule has 0 aliphatic carbocycles. The van der Waals surface area contributed by atoms with E-state index in [1.807, 2.05) is 0 Å². The summed E-state index contributed by atoms with van der Waals surface area (Å²) in [7, 11) is 0. The van der Waals surface area contributed by atoms with Gasteiger partial charge in [0.05, 0.1) is 0 Å². The fourth-order valence-electron chi connectivity index (χ4n) is 0. The van der Waals surface area contributed by atoms with E-state index in [4.69, 9.17) is 15.3 Å². The van der Waals surface area contributed by atoms with Crippen molar-refractivity contribution in [1.29, 1.82) is 0 Å². The molecule has 4 nitrogen and oxygen atoms in total. The Hall–Kier alpha value is -0.500. The summed E-state index contributed by atoms with van der Waals surface area (Å²) in [6.07, 6.45) is 8.00. The van der Waals surface area contributed by atoms with Gasteiger partial charge in [0.15, 0.2) is 0 Å². The van der Waals surface area contributed by atoms with Crippen LogP contribution in [0, 0.1) is 23.0 Å². The maximum absolute atomic E-state index is 8.36. The number of terminal acetylenes is 1. The molecule has 0 heterocycles. The summed E-state index contributed by atoms with van der Waals surface area (Å²) < 4.78 is 0. The Morgan fingerprint density at radius 1 is 1.57 bits per heavy atom. The zero-order chi connectivity index (χ0) is 5.58. The van der Waals surface area contributed by atoms with Crippen LogP contribution in [0.1, 0.15) is 0 Å². The largest absolute Gasteiger partial charge is 0.328 e. The molecule has 7 heavy (non-hydrogen) atoms. The fourth-order valence-corrected chi connectivity index (χ4v) is 0. The first kappa shape index (κ1) is 16.1. The van der Waals surface area contributed by atoms with Crippen molar-refractivity contribution in [3.63, 3.8) is 0 Å². The summed E-state index contributed by atoms with van der Waals surface area (Å²) in [5.74, 6) is 0. The Labute approximate surface area is 56.1 Å². The standard InChI is InChI=1S/C2H2.Ag.HNO3/c1-2;;2-1(3)4/h1-2H;;(H,2,3,4). The van der Waals surface area contributed by atoms with Gasteiger partial charge in [-0.25, -0.2) is 0 Å². The van der Waals surface area contributed by atoms with Crippen LogP contribution in [-0.4, -0.2) is 10.3 Å². The molecule has 0 bridgehead atoms. The minimum absolute atomic E-state index is 0. The summed E-state index contributed by atoms with van der Waals surface area (Å²) in [5.41, 5.74) is 0. The number of hydrogen-bond acceptors (Lipinski definition) is 2. The molecule has 0 fully saturated rings. The number of rotatable bonds is 0. The van der Waals surface area contributed by atoms with Crippen LogP contribution in [0.3, 0.4) is 0 Å². The van der Waals surface area contributed by atoms with Crippen molar-refractivity contribution in [2.24, 2.45) is 0 Å². The molecular weight excluding hydrogens is 194 g/mol. The molecule has 0 aromatic heterocycles. The molecule has 0 aromatic carbocycles. The normalized spacial score (nSPS) is 3.71. The van der Waals surface area contributed by atoms with Gasteiger partial charge >= 0.3 is 0 Å². The number of hydrogen-bond donors (Lipinski definition) is 1. The summed E-state index contributed by atoms with van der Waals surface area (Å²) in [6, 6.07) is 0. The average molecular weight is 197 g/mol. The first-order valence-corrected chi connectivity index (χ1v) is 0.898. The predicted molar refractivity (Wildman–Crippen MR) is 18.7 cm³/mol. The van der Waals surface area contributed by atoms with Gasteiger partial charge < -0.3 is 5.21 Å². The molecule has 0 atom stereocenters. The zero-order valence-electron chi connectivity index (χ0n) is 3.17. The van der Waals surface area contributed by atoms with Crippen LogP contribution in [0.15, 0.2) is 0 Å².